The first kappa shape index (κ1) is 19.1. The van der Waals surface area contributed by atoms with Crippen molar-refractivity contribution in [1.29, 1.82) is 0 Å². The lowest BCUT2D eigenvalue weighted by Crippen LogP contribution is -2.24. The molecule has 150 valence electrons. The topological polar surface area (TPSA) is 89.0 Å². The molecule has 7 heteroatoms. The molecule has 1 aromatic heterocycles. The number of carbonyl (C=O) groups is 3. The predicted molar refractivity (Wildman–Crippen MR) is 119 cm³/mol. The number of thioether (sulfide) groups is 1. The summed E-state index contributed by atoms with van der Waals surface area (Å²) in [6.07, 6.45) is 1.47. The zero-order valence-electron chi connectivity index (χ0n) is 16.2. The van der Waals surface area contributed by atoms with E-state index < -0.39 is 0 Å². The van der Waals surface area contributed by atoms with Crippen LogP contribution in [0.5, 0.6) is 0 Å². The Labute approximate surface area is 181 Å². The molecule has 1 N–H and O–H groups in total. The summed E-state index contributed by atoms with van der Waals surface area (Å²) in [5, 5.41) is 4.37. The monoisotopic (exact) mass is 425 g/mol. The molecular formula is C24H15N3O3S. The molecule has 1 aliphatic carbocycles. The zero-order valence-corrected chi connectivity index (χ0v) is 17.0. The predicted octanol–water partition coefficient (Wildman–Crippen LogP) is 4.14. The van der Waals surface area contributed by atoms with E-state index in [4.69, 9.17) is 0 Å². The molecule has 4 aromatic rings. The number of hydrogen-bond acceptors (Lipinski definition) is 6. The molecule has 0 saturated heterocycles. The number of rotatable bonds is 4. The summed E-state index contributed by atoms with van der Waals surface area (Å²) in [5.74, 6) is -0.678. The fourth-order valence-electron chi connectivity index (χ4n) is 3.66. The van der Waals surface area contributed by atoms with Gasteiger partial charge in [0.25, 0.3) is 0 Å². The van der Waals surface area contributed by atoms with E-state index in [9.17, 15) is 14.4 Å². The summed E-state index contributed by atoms with van der Waals surface area (Å²) in [4.78, 5) is 47.1. The van der Waals surface area contributed by atoms with E-state index in [-0.39, 0.29) is 28.8 Å². The first-order valence-corrected chi connectivity index (χ1v) is 10.6. The van der Waals surface area contributed by atoms with Crippen molar-refractivity contribution in [2.45, 2.75) is 5.03 Å². The highest BCUT2D eigenvalue weighted by Crippen LogP contribution is 2.32. The number of carbonyl (C=O) groups excluding carboxylic acids is 3. The van der Waals surface area contributed by atoms with E-state index in [1.54, 1.807) is 42.5 Å². The van der Waals surface area contributed by atoms with Gasteiger partial charge in [-0.25, -0.2) is 9.97 Å². The quantitative estimate of drug-likeness (QED) is 0.344. The number of fused-ring (bicyclic) bond motifs is 3. The van der Waals surface area contributed by atoms with Crippen LogP contribution < -0.4 is 5.32 Å². The maximum atomic E-state index is 13.1. The summed E-state index contributed by atoms with van der Waals surface area (Å²) in [7, 11) is 0. The molecule has 0 atom stereocenters. The molecule has 0 radical (unpaired) electrons. The van der Waals surface area contributed by atoms with Gasteiger partial charge in [0.1, 0.15) is 11.4 Å². The Morgan fingerprint density at radius 2 is 1.52 bits per heavy atom. The van der Waals surface area contributed by atoms with Crippen molar-refractivity contribution < 1.29 is 14.4 Å². The van der Waals surface area contributed by atoms with Crippen molar-refractivity contribution in [3.63, 3.8) is 0 Å². The third-order valence-corrected chi connectivity index (χ3v) is 6.08. The minimum absolute atomic E-state index is 0.101. The summed E-state index contributed by atoms with van der Waals surface area (Å²) < 4.78 is 0. The zero-order chi connectivity index (χ0) is 21.4. The van der Waals surface area contributed by atoms with Gasteiger partial charge in [0.2, 0.25) is 5.91 Å². The Balaban J connectivity index is 1.39. The van der Waals surface area contributed by atoms with E-state index in [2.05, 4.69) is 15.3 Å². The third kappa shape index (κ3) is 3.39. The Bertz CT molecular complexity index is 1380. The number of hydrogen-bond donors (Lipinski definition) is 1. The molecule has 1 amide bonds. The molecule has 5 rings (SSSR count). The second-order valence-corrected chi connectivity index (χ2v) is 7.93. The van der Waals surface area contributed by atoms with E-state index >= 15 is 0 Å². The maximum absolute atomic E-state index is 13.1. The standard InChI is InChI=1S/C24H15N3O3S/c28-20(12-31-24-16-8-3-4-10-18(16)25-13-26-24)27-19-11-5-9-17-21(19)23(30)15-7-2-1-6-14(15)22(17)29/h1-11,13H,12H2,(H,27,28). The normalized spacial score (nSPS) is 12.4. The van der Waals surface area contributed by atoms with Gasteiger partial charge in [0, 0.05) is 22.1 Å². The van der Waals surface area contributed by atoms with Crippen molar-refractivity contribution in [1.82, 2.24) is 9.97 Å². The van der Waals surface area contributed by atoms with Crippen LogP contribution in [-0.4, -0.2) is 33.2 Å². The van der Waals surface area contributed by atoms with Crippen molar-refractivity contribution in [2.75, 3.05) is 11.1 Å². The summed E-state index contributed by atoms with van der Waals surface area (Å²) >= 11 is 1.29. The Morgan fingerprint density at radius 3 is 2.35 bits per heavy atom. The number of nitrogens with one attached hydrogen (secondary N) is 1. The lowest BCUT2D eigenvalue weighted by molar-refractivity contribution is -0.113. The van der Waals surface area contributed by atoms with Crippen LogP contribution in [0.4, 0.5) is 5.69 Å². The van der Waals surface area contributed by atoms with Gasteiger partial charge in [-0.05, 0) is 12.1 Å². The van der Waals surface area contributed by atoms with E-state index in [1.165, 1.54) is 18.1 Å². The average Bonchev–Trinajstić information content (AvgIpc) is 2.81. The van der Waals surface area contributed by atoms with Crippen LogP contribution in [0.1, 0.15) is 31.8 Å². The fourth-order valence-corrected chi connectivity index (χ4v) is 4.45. The Hall–Kier alpha value is -3.84. The molecule has 0 aliphatic heterocycles. The highest BCUT2D eigenvalue weighted by atomic mass is 32.2. The summed E-state index contributed by atoms with van der Waals surface area (Å²) in [6.45, 7) is 0. The smallest absolute Gasteiger partial charge is 0.234 e. The van der Waals surface area contributed by atoms with E-state index in [0.717, 1.165) is 10.9 Å². The lowest BCUT2D eigenvalue weighted by atomic mass is 9.83. The minimum Gasteiger partial charge on any atom is -0.325 e. The van der Waals surface area contributed by atoms with Crippen LogP contribution in [0.3, 0.4) is 0 Å². The molecule has 6 nitrogen and oxygen atoms in total. The van der Waals surface area contributed by atoms with Crippen LogP contribution >= 0.6 is 11.8 Å². The number of benzene rings is 3. The number of nitrogens with zero attached hydrogens (tertiary/aromatic N) is 2. The van der Waals surface area contributed by atoms with Crippen LogP contribution in [0.2, 0.25) is 0 Å². The molecule has 1 heterocycles. The van der Waals surface area contributed by atoms with Crippen LogP contribution in [0.15, 0.2) is 78.1 Å². The molecule has 0 saturated carbocycles. The van der Waals surface area contributed by atoms with Gasteiger partial charge in [-0.1, -0.05) is 66.4 Å². The minimum atomic E-state index is -0.291. The molecule has 3 aromatic carbocycles. The second-order valence-electron chi connectivity index (χ2n) is 6.96. The number of para-hydroxylation sites is 1. The average molecular weight is 425 g/mol. The number of amides is 1. The molecular weight excluding hydrogens is 410 g/mol. The van der Waals surface area contributed by atoms with Gasteiger partial charge < -0.3 is 5.32 Å². The molecule has 0 fully saturated rings. The molecule has 1 aliphatic rings. The number of anilines is 1. The summed E-state index contributed by atoms with van der Waals surface area (Å²) in [5.41, 5.74) is 2.41. The second kappa shape index (κ2) is 7.77. The van der Waals surface area contributed by atoms with Gasteiger partial charge in [-0.3, -0.25) is 14.4 Å². The summed E-state index contributed by atoms with van der Waals surface area (Å²) in [6, 6.07) is 19.2. The molecule has 0 unspecified atom stereocenters. The lowest BCUT2D eigenvalue weighted by Gasteiger charge is -2.20. The van der Waals surface area contributed by atoms with Gasteiger partial charge >= 0.3 is 0 Å². The fraction of sp³-hybridized carbons (Fsp3) is 0.0417. The SMILES string of the molecule is O=C(CSc1ncnc2ccccc12)Nc1cccc2c1C(=O)c1ccccc1C2=O. The molecule has 0 spiro atoms. The van der Waals surface area contributed by atoms with Crippen molar-refractivity contribution in [3.05, 3.63) is 95.3 Å². The van der Waals surface area contributed by atoms with Gasteiger partial charge in [-0.2, -0.15) is 0 Å². The Morgan fingerprint density at radius 1 is 0.806 bits per heavy atom. The van der Waals surface area contributed by atoms with Gasteiger partial charge in [0.15, 0.2) is 11.6 Å². The van der Waals surface area contributed by atoms with Crippen molar-refractivity contribution in [3.8, 4) is 0 Å². The molecule has 0 bridgehead atoms. The first-order valence-electron chi connectivity index (χ1n) is 9.57. The number of aromatic nitrogens is 2. The highest BCUT2D eigenvalue weighted by molar-refractivity contribution is 8.00. The van der Waals surface area contributed by atoms with E-state index in [1.807, 2.05) is 24.3 Å². The van der Waals surface area contributed by atoms with Crippen LogP contribution in [0.25, 0.3) is 10.9 Å². The van der Waals surface area contributed by atoms with Crippen molar-refractivity contribution in [2.24, 2.45) is 0 Å². The third-order valence-electron chi connectivity index (χ3n) is 5.07. The van der Waals surface area contributed by atoms with Gasteiger partial charge in [-0.15, -0.1) is 0 Å². The van der Waals surface area contributed by atoms with Crippen LogP contribution in [0, 0.1) is 0 Å². The van der Waals surface area contributed by atoms with E-state index in [0.29, 0.717) is 27.4 Å². The maximum Gasteiger partial charge on any atom is 0.234 e. The highest BCUT2D eigenvalue weighted by Gasteiger charge is 2.31. The molecule has 31 heavy (non-hydrogen) atoms. The van der Waals surface area contributed by atoms with Gasteiger partial charge in [0.05, 0.1) is 22.5 Å². The van der Waals surface area contributed by atoms with Crippen LogP contribution in [-0.2, 0) is 4.79 Å². The number of ketones is 2. The first-order chi connectivity index (χ1) is 15.1. The van der Waals surface area contributed by atoms with Crippen molar-refractivity contribution >= 4 is 45.8 Å². The largest absolute Gasteiger partial charge is 0.325 e. The Kier molecular flexibility index (Phi) is 4.80.